The molecule has 2 heterocycles. The number of alkyl halides is 3. The molecule has 4 aromatic rings. The minimum Gasteiger partial charge on any atom is -0.477 e. The molecule has 2 aromatic heterocycles. The number of aryl methyl sites for hydroxylation is 1. The summed E-state index contributed by atoms with van der Waals surface area (Å²) in [5.74, 6) is -1.64. The van der Waals surface area contributed by atoms with E-state index in [1.165, 1.54) is 35.9 Å². The first kappa shape index (κ1) is 23.1. The van der Waals surface area contributed by atoms with E-state index >= 15 is 0 Å². The molecule has 0 atom stereocenters. The fourth-order valence-corrected chi connectivity index (χ4v) is 3.83. The van der Waals surface area contributed by atoms with Gasteiger partial charge in [-0.15, -0.1) is 0 Å². The largest absolute Gasteiger partial charge is 0.477 e. The van der Waals surface area contributed by atoms with E-state index in [2.05, 4.69) is 4.98 Å². The number of hydrogen-bond donors (Lipinski definition) is 2. The number of nitrogens with zero attached hydrogens (tertiary/aromatic N) is 3. The number of nitrogens with one attached hydrogen (secondary N) is 1. The first-order chi connectivity index (χ1) is 15.9. The predicted octanol–water partition coefficient (Wildman–Crippen LogP) is 2.60. The van der Waals surface area contributed by atoms with Crippen LogP contribution in [-0.2, 0) is 19.8 Å². The number of hydrogen-bond acceptors (Lipinski definition) is 4. The highest BCUT2D eigenvalue weighted by atomic mass is 35.5. The van der Waals surface area contributed by atoms with E-state index in [4.69, 9.17) is 11.6 Å². The van der Waals surface area contributed by atoms with Crippen LogP contribution in [0.4, 0.5) is 13.2 Å². The van der Waals surface area contributed by atoms with E-state index in [0.29, 0.717) is 15.6 Å². The number of carboxylic acids is 1. The number of aromatic nitrogens is 4. The second-order valence-corrected chi connectivity index (χ2v) is 7.74. The minimum atomic E-state index is -4.77. The highest BCUT2D eigenvalue weighted by Crippen LogP contribution is 2.36. The Morgan fingerprint density at radius 2 is 1.85 bits per heavy atom. The quantitative estimate of drug-likeness (QED) is 0.452. The van der Waals surface area contributed by atoms with Gasteiger partial charge in [-0.05, 0) is 29.8 Å². The van der Waals surface area contributed by atoms with Crippen molar-refractivity contribution in [1.82, 2.24) is 18.7 Å². The number of imidazole rings is 1. The Balaban J connectivity index is 1.94. The molecule has 0 saturated heterocycles. The second kappa shape index (κ2) is 8.06. The molecule has 0 bridgehead atoms. The number of carbonyl (C=O) groups is 1. The van der Waals surface area contributed by atoms with Gasteiger partial charge in [0.05, 0.1) is 33.9 Å². The Kier molecular flexibility index (Phi) is 5.48. The first-order valence-electron chi connectivity index (χ1n) is 9.53. The van der Waals surface area contributed by atoms with Crippen molar-refractivity contribution in [2.75, 3.05) is 0 Å². The molecule has 0 fully saturated rings. The molecule has 2 N–H and O–H groups in total. The van der Waals surface area contributed by atoms with Gasteiger partial charge < -0.3 is 10.1 Å². The van der Waals surface area contributed by atoms with E-state index in [-0.39, 0.29) is 11.3 Å². The average Bonchev–Trinajstić information content (AvgIpc) is 3.04. The molecular formula is C21H14ClF3N4O5. The molecule has 0 spiro atoms. The molecule has 0 aliphatic rings. The number of rotatable bonds is 4. The van der Waals surface area contributed by atoms with Crippen molar-refractivity contribution in [2.24, 2.45) is 7.05 Å². The third-order valence-corrected chi connectivity index (χ3v) is 5.73. The Morgan fingerprint density at radius 1 is 1.15 bits per heavy atom. The van der Waals surface area contributed by atoms with Crippen LogP contribution in [0.1, 0.15) is 21.5 Å². The third kappa shape index (κ3) is 3.81. The van der Waals surface area contributed by atoms with Crippen LogP contribution in [0, 0.1) is 0 Å². The number of benzene rings is 2. The van der Waals surface area contributed by atoms with Crippen molar-refractivity contribution >= 4 is 28.6 Å². The highest BCUT2D eigenvalue weighted by Gasteiger charge is 2.34. The molecule has 0 saturated carbocycles. The van der Waals surface area contributed by atoms with Crippen molar-refractivity contribution in [1.29, 1.82) is 0 Å². The maximum absolute atomic E-state index is 13.2. The zero-order valence-corrected chi connectivity index (χ0v) is 17.9. The fourth-order valence-electron chi connectivity index (χ4n) is 3.54. The molecule has 0 aliphatic carbocycles. The molecular weight excluding hydrogens is 481 g/mol. The standard InChI is InChI=1S/C21H14ClF3N4O5/c1-27-15-6-5-11(7-14(15)26-19(27)33)28-9-12(18(31)32)17(30)29(20(28)34)8-10-3-2-4-13(16(10)22)21(23,24)25/h2-7,9H,8H2,1H3,(H,26,33)(H,31,32). The van der Waals surface area contributed by atoms with Gasteiger partial charge in [0.25, 0.3) is 5.56 Å². The summed E-state index contributed by atoms with van der Waals surface area (Å²) >= 11 is 5.89. The van der Waals surface area contributed by atoms with Gasteiger partial charge in [0.2, 0.25) is 0 Å². The van der Waals surface area contributed by atoms with Crippen LogP contribution < -0.4 is 16.9 Å². The smallest absolute Gasteiger partial charge is 0.417 e. The summed E-state index contributed by atoms with van der Waals surface area (Å²) in [6.07, 6.45) is -3.96. The van der Waals surface area contributed by atoms with Crippen molar-refractivity contribution < 1.29 is 23.1 Å². The molecule has 2 aromatic carbocycles. The van der Waals surface area contributed by atoms with Gasteiger partial charge in [0.15, 0.2) is 0 Å². The monoisotopic (exact) mass is 494 g/mol. The van der Waals surface area contributed by atoms with Crippen LogP contribution in [0.5, 0.6) is 0 Å². The topological polar surface area (TPSA) is 119 Å². The average molecular weight is 495 g/mol. The lowest BCUT2D eigenvalue weighted by molar-refractivity contribution is -0.137. The Bertz CT molecular complexity index is 1650. The summed E-state index contributed by atoms with van der Waals surface area (Å²) in [5.41, 5.74) is -3.83. The number of carboxylic acid groups (broad SMARTS) is 1. The van der Waals surface area contributed by atoms with Crippen LogP contribution >= 0.6 is 11.6 Å². The maximum atomic E-state index is 13.2. The summed E-state index contributed by atoms with van der Waals surface area (Å²) in [6.45, 7) is -0.702. The molecule has 0 unspecified atom stereocenters. The lowest BCUT2D eigenvalue weighted by Crippen LogP contribution is -2.42. The van der Waals surface area contributed by atoms with Gasteiger partial charge in [0, 0.05) is 13.2 Å². The molecule has 34 heavy (non-hydrogen) atoms. The van der Waals surface area contributed by atoms with E-state index < -0.39 is 51.8 Å². The van der Waals surface area contributed by atoms with Gasteiger partial charge in [-0.3, -0.25) is 18.5 Å². The Morgan fingerprint density at radius 3 is 2.50 bits per heavy atom. The van der Waals surface area contributed by atoms with Crippen molar-refractivity contribution in [2.45, 2.75) is 12.7 Å². The maximum Gasteiger partial charge on any atom is 0.417 e. The molecule has 176 valence electrons. The van der Waals surface area contributed by atoms with E-state index in [0.717, 1.165) is 22.9 Å². The number of H-pyrrole nitrogens is 1. The predicted molar refractivity (Wildman–Crippen MR) is 116 cm³/mol. The summed E-state index contributed by atoms with van der Waals surface area (Å²) < 4.78 is 42.3. The zero-order chi connectivity index (χ0) is 24.9. The normalized spacial score (nSPS) is 11.8. The third-order valence-electron chi connectivity index (χ3n) is 5.28. The molecule has 9 nitrogen and oxygen atoms in total. The van der Waals surface area contributed by atoms with Gasteiger partial charge in [-0.1, -0.05) is 23.7 Å². The van der Waals surface area contributed by atoms with Gasteiger partial charge in [-0.2, -0.15) is 13.2 Å². The molecule has 0 radical (unpaired) electrons. The van der Waals surface area contributed by atoms with Gasteiger partial charge in [0.1, 0.15) is 5.56 Å². The summed E-state index contributed by atoms with van der Waals surface area (Å²) in [5, 5.41) is 8.77. The van der Waals surface area contributed by atoms with Crippen LogP contribution in [0.3, 0.4) is 0 Å². The zero-order valence-electron chi connectivity index (χ0n) is 17.2. The number of aromatic amines is 1. The van der Waals surface area contributed by atoms with E-state index in [9.17, 15) is 37.5 Å². The van der Waals surface area contributed by atoms with Crippen molar-refractivity contribution in [3.05, 3.63) is 95.6 Å². The number of halogens is 4. The SMILES string of the molecule is Cn1c(=O)[nH]c2cc(-n3cc(C(=O)O)c(=O)n(Cc4cccc(C(F)(F)F)c4Cl)c3=O)ccc21. The van der Waals surface area contributed by atoms with Gasteiger partial charge in [-0.25, -0.2) is 14.4 Å². The Labute approximate surface area is 191 Å². The van der Waals surface area contributed by atoms with Crippen LogP contribution in [0.15, 0.2) is 57.0 Å². The summed E-state index contributed by atoms with van der Waals surface area (Å²) in [7, 11) is 1.52. The van der Waals surface area contributed by atoms with Crippen LogP contribution in [0.25, 0.3) is 16.7 Å². The molecule has 13 heteroatoms. The lowest BCUT2D eigenvalue weighted by Gasteiger charge is -2.15. The minimum absolute atomic E-state index is 0.116. The summed E-state index contributed by atoms with van der Waals surface area (Å²) in [6, 6.07) is 7.34. The lowest BCUT2D eigenvalue weighted by atomic mass is 10.1. The highest BCUT2D eigenvalue weighted by molar-refractivity contribution is 6.32. The Hall–Kier alpha value is -4.06. The van der Waals surface area contributed by atoms with E-state index in [1.54, 1.807) is 0 Å². The number of aromatic carboxylic acids is 1. The van der Waals surface area contributed by atoms with Crippen LogP contribution in [-0.4, -0.2) is 29.8 Å². The first-order valence-corrected chi connectivity index (χ1v) is 9.91. The second-order valence-electron chi connectivity index (χ2n) is 7.36. The van der Waals surface area contributed by atoms with Crippen LogP contribution in [0.2, 0.25) is 5.02 Å². The van der Waals surface area contributed by atoms with Crippen molar-refractivity contribution in [3.63, 3.8) is 0 Å². The molecule has 0 aliphatic heterocycles. The molecule has 0 amide bonds. The summed E-state index contributed by atoms with van der Waals surface area (Å²) in [4.78, 5) is 52.0. The van der Waals surface area contributed by atoms with Gasteiger partial charge >= 0.3 is 23.5 Å². The fraction of sp³-hybridized carbons (Fsp3) is 0.143. The van der Waals surface area contributed by atoms with Crippen molar-refractivity contribution in [3.8, 4) is 5.69 Å². The van der Waals surface area contributed by atoms with E-state index in [1.807, 2.05) is 0 Å². The molecule has 4 rings (SSSR count). The number of fused-ring (bicyclic) bond motifs is 1.